The quantitative estimate of drug-likeness (QED) is 0.637. The van der Waals surface area contributed by atoms with E-state index >= 15 is 0 Å². The SMILES string of the molecule is CC/C=C/NC(=O)NCCCOC(C)C. The molecule has 0 saturated heterocycles. The van der Waals surface area contributed by atoms with Gasteiger partial charge in [-0.25, -0.2) is 4.79 Å². The first kappa shape index (κ1) is 14.0. The van der Waals surface area contributed by atoms with E-state index in [0.717, 1.165) is 12.8 Å². The average Bonchev–Trinajstić information content (AvgIpc) is 2.17. The van der Waals surface area contributed by atoms with Crippen LogP contribution in [0.2, 0.25) is 0 Å². The van der Waals surface area contributed by atoms with Gasteiger partial charge in [0.05, 0.1) is 6.10 Å². The molecule has 0 heterocycles. The molecule has 0 radical (unpaired) electrons. The molecular formula is C11H22N2O2. The summed E-state index contributed by atoms with van der Waals surface area (Å²) in [6, 6.07) is -0.163. The standard InChI is InChI=1S/C11H22N2O2/c1-4-5-7-12-11(14)13-8-6-9-15-10(2)3/h5,7,10H,4,6,8-9H2,1-3H3,(H2,12,13,14)/b7-5+. The fourth-order valence-corrected chi connectivity index (χ4v) is 0.897. The van der Waals surface area contributed by atoms with E-state index in [1.807, 2.05) is 26.8 Å². The third kappa shape index (κ3) is 10.9. The number of urea groups is 1. The van der Waals surface area contributed by atoms with Crippen molar-refractivity contribution in [2.75, 3.05) is 13.2 Å². The molecule has 0 unspecified atom stereocenters. The molecule has 15 heavy (non-hydrogen) atoms. The van der Waals surface area contributed by atoms with E-state index < -0.39 is 0 Å². The minimum Gasteiger partial charge on any atom is -0.379 e. The molecule has 0 aliphatic carbocycles. The van der Waals surface area contributed by atoms with E-state index in [1.165, 1.54) is 0 Å². The summed E-state index contributed by atoms with van der Waals surface area (Å²) in [5.74, 6) is 0. The van der Waals surface area contributed by atoms with Crippen molar-refractivity contribution in [2.45, 2.75) is 39.7 Å². The maximum atomic E-state index is 11.1. The van der Waals surface area contributed by atoms with Crippen LogP contribution in [-0.2, 0) is 4.74 Å². The maximum Gasteiger partial charge on any atom is 0.318 e. The summed E-state index contributed by atoms with van der Waals surface area (Å²) in [5, 5.41) is 5.35. The van der Waals surface area contributed by atoms with Crippen LogP contribution in [0.25, 0.3) is 0 Å². The Bertz CT molecular complexity index is 191. The van der Waals surface area contributed by atoms with Crippen molar-refractivity contribution in [3.05, 3.63) is 12.3 Å². The molecule has 2 N–H and O–H groups in total. The minimum atomic E-state index is -0.163. The molecule has 0 atom stereocenters. The van der Waals surface area contributed by atoms with Gasteiger partial charge in [-0.3, -0.25) is 0 Å². The number of carbonyl (C=O) groups is 1. The number of nitrogens with one attached hydrogen (secondary N) is 2. The van der Waals surface area contributed by atoms with Crippen molar-refractivity contribution < 1.29 is 9.53 Å². The highest BCUT2D eigenvalue weighted by Gasteiger charge is 1.96. The Labute approximate surface area is 92.1 Å². The normalized spacial score (nSPS) is 10.9. The highest BCUT2D eigenvalue weighted by Crippen LogP contribution is 1.88. The molecular weight excluding hydrogens is 192 g/mol. The third-order valence-electron chi connectivity index (χ3n) is 1.63. The van der Waals surface area contributed by atoms with Crippen LogP contribution in [0, 0.1) is 0 Å². The predicted octanol–water partition coefficient (Wildman–Crippen LogP) is 2.02. The molecule has 0 rings (SSSR count). The molecule has 4 heteroatoms. The Balaban J connectivity index is 3.27. The second-order valence-electron chi connectivity index (χ2n) is 3.48. The highest BCUT2D eigenvalue weighted by molar-refractivity contribution is 5.74. The van der Waals surface area contributed by atoms with Gasteiger partial charge in [0.2, 0.25) is 0 Å². The summed E-state index contributed by atoms with van der Waals surface area (Å²) in [7, 11) is 0. The number of carbonyl (C=O) groups excluding carboxylic acids is 1. The van der Waals surface area contributed by atoms with Gasteiger partial charge < -0.3 is 15.4 Å². The summed E-state index contributed by atoms with van der Waals surface area (Å²) in [4.78, 5) is 11.1. The summed E-state index contributed by atoms with van der Waals surface area (Å²) >= 11 is 0. The Hall–Kier alpha value is -1.03. The number of allylic oxidation sites excluding steroid dienone is 1. The van der Waals surface area contributed by atoms with Gasteiger partial charge in [-0.2, -0.15) is 0 Å². The molecule has 2 amide bonds. The van der Waals surface area contributed by atoms with Gasteiger partial charge >= 0.3 is 6.03 Å². The number of rotatable bonds is 7. The van der Waals surface area contributed by atoms with Crippen LogP contribution >= 0.6 is 0 Å². The van der Waals surface area contributed by atoms with Gasteiger partial charge in [0.1, 0.15) is 0 Å². The van der Waals surface area contributed by atoms with Crippen LogP contribution in [0.5, 0.6) is 0 Å². The fourth-order valence-electron chi connectivity index (χ4n) is 0.897. The first-order valence-electron chi connectivity index (χ1n) is 5.47. The molecule has 0 spiro atoms. The zero-order valence-corrected chi connectivity index (χ0v) is 9.88. The highest BCUT2D eigenvalue weighted by atomic mass is 16.5. The van der Waals surface area contributed by atoms with Crippen LogP contribution in [0.1, 0.15) is 33.6 Å². The van der Waals surface area contributed by atoms with E-state index in [0.29, 0.717) is 13.2 Å². The van der Waals surface area contributed by atoms with E-state index in [2.05, 4.69) is 10.6 Å². The van der Waals surface area contributed by atoms with Gasteiger partial charge in [-0.15, -0.1) is 0 Å². The van der Waals surface area contributed by atoms with E-state index in [1.54, 1.807) is 6.20 Å². The fraction of sp³-hybridized carbons (Fsp3) is 0.727. The summed E-state index contributed by atoms with van der Waals surface area (Å²) in [6.45, 7) is 7.33. The number of hydrogen-bond donors (Lipinski definition) is 2. The molecule has 0 bridgehead atoms. The lowest BCUT2D eigenvalue weighted by molar-refractivity contribution is 0.0774. The van der Waals surface area contributed by atoms with Gasteiger partial charge in [0.25, 0.3) is 0 Å². The van der Waals surface area contributed by atoms with Crippen molar-refractivity contribution in [3.8, 4) is 0 Å². The van der Waals surface area contributed by atoms with Crippen molar-refractivity contribution in [1.29, 1.82) is 0 Å². The number of hydrogen-bond acceptors (Lipinski definition) is 2. The first-order chi connectivity index (χ1) is 7.16. The molecule has 0 aliphatic heterocycles. The molecule has 0 fully saturated rings. The van der Waals surface area contributed by atoms with Crippen LogP contribution in [0.3, 0.4) is 0 Å². The molecule has 0 aromatic heterocycles. The predicted molar refractivity (Wildman–Crippen MR) is 61.7 cm³/mol. The Morgan fingerprint density at radius 1 is 1.47 bits per heavy atom. The lowest BCUT2D eigenvalue weighted by atomic mass is 10.4. The van der Waals surface area contributed by atoms with E-state index in [-0.39, 0.29) is 12.1 Å². The monoisotopic (exact) mass is 214 g/mol. The summed E-state index contributed by atoms with van der Waals surface area (Å²) < 4.78 is 5.34. The molecule has 88 valence electrons. The number of ether oxygens (including phenoxy) is 1. The number of amides is 2. The van der Waals surface area contributed by atoms with Crippen molar-refractivity contribution in [2.24, 2.45) is 0 Å². The minimum absolute atomic E-state index is 0.163. The Morgan fingerprint density at radius 2 is 2.20 bits per heavy atom. The summed E-state index contributed by atoms with van der Waals surface area (Å²) in [6.07, 6.45) is 5.55. The maximum absolute atomic E-state index is 11.1. The van der Waals surface area contributed by atoms with Gasteiger partial charge in [-0.05, 0) is 26.7 Å². The van der Waals surface area contributed by atoms with Gasteiger partial charge in [0, 0.05) is 19.4 Å². The summed E-state index contributed by atoms with van der Waals surface area (Å²) in [5.41, 5.74) is 0. The topological polar surface area (TPSA) is 50.4 Å². The zero-order chi connectivity index (χ0) is 11.5. The van der Waals surface area contributed by atoms with E-state index in [4.69, 9.17) is 4.74 Å². The van der Waals surface area contributed by atoms with Crippen LogP contribution < -0.4 is 10.6 Å². The van der Waals surface area contributed by atoms with Crippen LogP contribution in [0.15, 0.2) is 12.3 Å². The van der Waals surface area contributed by atoms with E-state index in [9.17, 15) is 4.79 Å². The second kappa shape index (κ2) is 9.52. The molecule has 0 aromatic rings. The average molecular weight is 214 g/mol. The Kier molecular flexibility index (Phi) is 8.87. The molecule has 0 saturated carbocycles. The van der Waals surface area contributed by atoms with Crippen LogP contribution in [0.4, 0.5) is 4.79 Å². The van der Waals surface area contributed by atoms with Crippen molar-refractivity contribution in [1.82, 2.24) is 10.6 Å². The van der Waals surface area contributed by atoms with Gasteiger partial charge in [0.15, 0.2) is 0 Å². The Morgan fingerprint density at radius 3 is 2.80 bits per heavy atom. The first-order valence-corrected chi connectivity index (χ1v) is 5.47. The molecule has 0 aromatic carbocycles. The van der Waals surface area contributed by atoms with Crippen molar-refractivity contribution in [3.63, 3.8) is 0 Å². The molecule has 4 nitrogen and oxygen atoms in total. The third-order valence-corrected chi connectivity index (χ3v) is 1.63. The zero-order valence-electron chi connectivity index (χ0n) is 9.88. The smallest absolute Gasteiger partial charge is 0.318 e. The van der Waals surface area contributed by atoms with Crippen molar-refractivity contribution >= 4 is 6.03 Å². The largest absolute Gasteiger partial charge is 0.379 e. The second-order valence-corrected chi connectivity index (χ2v) is 3.48. The van der Waals surface area contributed by atoms with Crippen LogP contribution in [-0.4, -0.2) is 25.3 Å². The van der Waals surface area contributed by atoms with Gasteiger partial charge in [-0.1, -0.05) is 13.0 Å². The molecule has 0 aliphatic rings. The lowest BCUT2D eigenvalue weighted by Gasteiger charge is -2.07. The lowest BCUT2D eigenvalue weighted by Crippen LogP contribution is -2.33.